The molecule has 1 aliphatic heterocycles. The highest BCUT2D eigenvalue weighted by Gasteiger charge is 2.25. The van der Waals surface area contributed by atoms with E-state index in [1.165, 1.54) is 22.7 Å². The van der Waals surface area contributed by atoms with E-state index in [-0.39, 0.29) is 10.8 Å². The number of anilines is 1. The Morgan fingerprint density at radius 2 is 1.75 bits per heavy atom. The second-order valence-corrected chi connectivity index (χ2v) is 7.77. The molecule has 1 aromatic carbocycles. The Kier molecular flexibility index (Phi) is 4.73. The number of benzene rings is 1. The van der Waals surface area contributed by atoms with Gasteiger partial charge in [0.25, 0.3) is 5.91 Å². The number of nitrogens with one attached hydrogen (secondary N) is 1. The number of hydrogen-bond acceptors (Lipinski definition) is 4. The van der Waals surface area contributed by atoms with E-state index in [0.29, 0.717) is 30.1 Å². The van der Waals surface area contributed by atoms with Crippen molar-refractivity contribution in [3.63, 3.8) is 0 Å². The standard InChI is InChI=1S/C17H20N2O4S/c1-13-16(9-12-23-13)17(20)18-14-5-7-15(8-6-14)24(21,22)19-10-3-2-4-11-19/h5-9,12H,2-4,10-11H2,1H3,(H,18,20). The van der Waals surface area contributed by atoms with Crippen molar-refractivity contribution in [1.29, 1.82) is 0 Å². The minimum absolute atomic E-state index is 0.252. The fourth-order valence-electron chi connectivity index (χ4n) is 2.78. The zero-order chi connectivity index (χ0) is 17.2. The SMILES string of the molecule is Cc1occc1C(=O)Nc1ccc(S(=O)(=O)N2CCCCC2)cc1. The predicted octanol–water partition coefficient (Wildman–Crippen LogP) is 3.01. The molecule has 7 heteroatoms. The van der Waals surface area contributed by atoms with E-state index >= 15 is 0 Å². The maximum absolute atomic E-state index is 12.6. The van der Waals surface area contributed by atoms with Crippen LogP contribution in [-0.2, 0) is 10.0 Å². The summed E-state index contributed by atoms with van der Waals surface area (Å²) in [6.45, 7) is 2.85. The number of amides is 1. The van der Waals surface area contributed by atoms with Crippen LogP contribution in [0.25, 0.3) is 0 Å². The van der Waals surface area contributed by atoms with Crippen LogP contribution in [0.3, 0.4) is 0 Å². The smallest absolute Gasteiger partial charge is 0.259 e. The van der Waals surface area contributed by atoms with Crippen molar-refractivity contribution < 1.29 is 17.6 Å². The number of furan rings is 1. The fraction of sp³-hybridized carbons (Fsp3) is 0.353. The lowest BCUT2D eigenvalue weighted by Gasteiger charge is -2.25. The second-order valence-electron chi connectivity index (χ2n) is 5.83. The molecule has 0 aliphatic carbocycles. The van der Waals surface area contributed by atoms with Gasteiger partial charge >= 0.3 is 0 Å². The Bertz CT molecular complexity index is 819. The van der Waals surface area contributed by atoms with Gasteiger partial charge in [0, 0.05) is 18.8 Å². The first kappa shape index (κ1) is 16.7. The molecule has 6 nitrogen and oxygen atoms in total. The maximum Gasteiger partial charge on any atom is 0.259 e. The lowest BCUT2D eigenvalue weighted by Crippen LogP contribution is -2.35. The summed E-state index contributed by atoms with van der Waals surface area (Å²) in [5.74, 6) is 0.254. The second kappa shape index (κ2) is 6.78. The minimum atomic E-state index is -3.45. The predicted molar refractivity (Wildman–Crippen MR) is 90.5 cm³/mol. The van der Waals surface area contributed by atoms with Crippen molar-refractivity contribution in [2.75, 3.05) is 18.4 Å². The first-order chi connectivity index (χ1) is 11.5. The highest BCUT2D eigenvalue weighted by molar-refractivity contribution is 7.89. The van der Waals surface area contributed by atoms with Crippen LogP contribution in [0, 0.1) is 6.92 Å². The summed E-state index contributed by atoms with van der Waals surface area (Å²) in [5, 5.41) is 2.74. The Balaban J connectivity index is 1.73. The van der Waals surface area contributed by atoms with Gasteiger partial charge in [-0.15, -0.1) is 0 Å². The molecule has 1 aromatic heterocycles. The minimum Gasteiger partial charge on any atom is -0.469 e. The van der Waals surface area contributed by atoms with E-state index in [2.05, 4.69) is 5.32 Å². The maximum atomic E-state index is 12.6. The number of hydrogen-bond donors (Lipinski definition) is 1. The molecule has 2 aromatic rings. The summed E-state index contributed by atoms with van der Waals surface area (Å²) in [4.78, 5) is 12.4. The number of nitrogens with zero attached hydrogens (tertiary/aromatic N) is 1. The molecule has 1 N–H and O–H groups in total. The topological polar surface area (TPSA) is 79.6 Å². The highest BCUT2D eigenvalue weighted by atomic mass is 32.2. The molecule has 0 saturated carbocycles. The summed E-state index contributed by atoms with van der Waals surface area (Å²) in [5.41, 5.74) is 0.998. The molecule has 1 amide bonds. The summed E-state index contributed by atoms with van der Waals surface area (Å²) < 4.78 is 31.8. The lowest BCUT2D eigenvalue weighted by atomic mass is 10.2. The summed E-state index contributed by atoms with van der Waals surface area (Å²) in [7, 11) is -3.45. The molecule has 3 rings (SSSR count). The van der Waals surface area contributed by atoms with Gasteiger partial charge in [-0.25, -0.2) is 8.42 Å². The number of rotatable bonds is 4. The third kappa shape index (κ3) is 3.37. The largest absolute Gasteiger partial charge is 0.469 e. The Labute approximate surface area is 141 Å². The molecule has 1 aliphatic rings. The van der Waals surface area contributed by atoms with Crippen LogP contribution in [0.4, 0.5) is 5.69 Å². The molecule has 1 saturated heterocycles. The van der Waals surface area contributed by atoms with Gasteiger partial charge in [0.15, 0.2) is 0 Å². The monoisotopic (exact) mass is 348 g/mol. The molecule has 24 heavy (non-hydrogen) atoms. The van der Waals surface area contributed by atoms with E-state index in [4.69, 9.17) is 4.42 Å². The van der Waals surface area contributed by atoms with Crippen molar-refractivity contribution in [2.24, 2.45) is 0 Å². The van der Waals surface area contributed by atoms with Crippen LogP contribution >= 0.6 is 0 Å². The van der Waals surface area contributed by atoms with Gasteiger partial charge in [-0.05, 0) is 50.1 Å². The van der Waals surface area contributed by atoms with Crippen LogP contribution in [0.5, 0.6) is 0 Å². The number of piperidine rings is 1. The number of carbonyl (C=O) groups is 1. The van der Waals surface area contributed by atoms with Gasteiger partial charge in [-0.3, -0.25) is 4.79 Å². The first-order valence-electron chi connectivity index (χ1n) is 7.94. The molecule has 0 atom stereocenters. The van der Waals surface area contributed by atoms with Crippen molar-refractivity contribution in [3.8, 4) is 0 Å². The lowest BCUT2D eigenvalue weighted by molar-refractivity contribution is 0.102. The van der Waals surface area contributed by atoms with Gasteiger partial charge < -0.3 is 9.73 Å². The van der Waals surface area contributed by atoms with E-state index in [9.17, 15) is 13.2 Å². The summed E-state index contributed by atoms with van der Waals surface area (Å²) in [6.07, 6.45) is 4.33. The molecular weight excluding hydrogens is 328 g/mol. The highest BCUT2D eigenvalue weighted by Crippen LogP contribution is 2.22. The molecule has 0 bridgehead atoms. The van der Waals surface area contributed by atoms with Crippen LogP contribution in [0.15, 0.2) is 45.9 Å². The van der Waals surface area contributed by atoms with Crippen LogP contribution in [0.1, 0.15) is 35.4 Å². The van der Waals surface area contributed by atoms with E-state index < -0.39 is 10.0 Å². The quantitative estimate of drug-likeness (QED) is 0.921. The average molecular weight is 348 g/mol. The van der Waals surface area contributed by atoms with Crippen LogP contribution in [0.2, 0.25) is 0 Å². The molecule has 2 heterocycles. The van der Waals surface area contributed by atoms with Crippen LogP contribution in [-0.4, -0.2) is 31.7 Å². The summed E-state index contributed by atoms with van der Waals surface area (Å²) >= 11 is 0. The Morgan fingerprint density at radius 3 is 2.33 bits per heavy atom. The van der Waals surface area contributed by atoms with E-state index in [0.717, 1.165) is 19.3 Å². The van der Waals surface area contributed by atoms with Gasteiger partial charge in [-0.1, -0.05) is 6.42 Å². The van der Waals surface area contributed by atoms with Gasteiger partial charge in [0.2, 0.25) is 10.0 Å². The zero-order valence-electron chi connectivity index (χ0n) is 13.5. The van der Waals surface area contributed by atoms with Crippen molar-refractivity contribution in [3.05, 3.63) is 47.9 Å². The van der Waals surface area contributed by atoms with Gasteiger partial charge in [-0.2, -0.15) is 4.31 Å². The number of sulfonamides is 1. The molecule has 128 valence electrons. The van der Waals surface area contributed by atoms with Crippen molar-refractivity contribution in [1.82, 2.24) is 4.31 Å². The zero-order valence-corrected chi connectivity index (χ0v) is 14.3. The van der Waals surface area contributed by atoms with Crippen molar-refractivity contribution >= 4 is 21.6 Å². The Hall–Kier alpha value is -2.12. The number of carbonyl (C=O) groups excluding carboxylic acids is 1. The van der Waals surface area contributed by atoms with Crippen molar-refractivity contribution in [2.45, 2.75) is 31.1 Å². The van der Waals surface area contributed by atoms with E-state index in [1.54, 1.807) is 25.1 Å². The first-order valence-corrected chi connectivity index (χ1v) is 9.38. The third-order valence-corrected chi connectivity index (χ3v) is 6.08. The number of aryl methyl sites for hydroxylation is 1. The van der Waals surface area contributed by atoms with Crippen LogP contribution < -0.4 is 5.32 Å². The Morgan fingerprint density at radius 1 is 1.08 bits per heavy atom. The third-order valence-electron chi connectivity index (χ3n) is 4.17. The van der Waals surface area contributed by atoms with E-state index in [1.807, 2.05) is 0 Å². The average Bonchev–Trinajstić information content (AvgIpc) is 3.02. The molecular formula is C17H20N2O4S. The molecule has 1 fully saturated rings. The molecule has 0 unspecified atom stereocenters. The molecule has 0 radical (unpaired) electrons. The fourth-order valence-corrected chi connectivity index (χ4v) is 4.30. The summed E-state index contributed by atoms with van der Waals surface area (Å²) in [6, 6.07) is 7.86. The van der Waals surface area contributed by atoms with Gasteiger partial charge in [0.05, 0.1) is 16.7 Å². The molecule has 0 spiro atoms. The normalized spacial score (nSPS) is 16.0. The van der Waals surface area contributed by atoms with Gasteiger partial charge in [0.1, 0.15) is 5.76 Å².